The number of hydrogen-bond donors (Lipinski definition) is 1. The van der Waals surface area contributed by atoms with Gasteiger partial charge in [-0.2, -0.15) is 0 Å². The Morgan fingerprint density at radius 3 is 2.37 bits per heavy atom. The minimum absolute atomic E-state index is 0.552. The molecular formula is C27H36N2O. The number of likely N-dealkylation sites (tertiary alicyclic amines) is 1. The van der Waals surface area contributed by atoms with Crippen LogP contribution in [0.15, 0.2) is 48.5 Å². The Bertz CT molecular complexity index is 849. The van der Waals surface area contributed by atoms with E-state index in [1.165, 1.54) is 44.5 Å². The van der Waals surface area contributed by atoms with Crippen molar-refractivity contribution in [2.24, 2.45) is 5.92 Å². The highest BCUT2D eigenvalue weighted by Gasteiger charge is 2.36. The summed E-state index contributed by atoms with van der Waals surface area (Å²) in [6, 6.07) is 18.0. The largest absolute Gasteiger partial charge is 0.385 e. The van der Waals surface area contributed by atoms with Gasteiger partial charge in [0.1, 0.15) is 0 Å². The smallest absolute Gasteiger partial charge is 0.0896 e. The Morgan fingerprint density at radius 1 is 0.933 bits per heavy atom. The molecule has 5 rings (SSSR count). The fourth-order valence-electron chi connectivity index (χ4n) is 5.77. The van der Waals surface area contributed by atoms with Gasteiger partial charge in [0.25, 0.3) is 0 Å². The molecule has 1 saturated carbocycles. The number of rotatable bonds is 5. The molecule has 3 nitrogen and oxygen atoms in total. The van der Waals surface area contributed by atoms with Crippen molar-refractivity contribution in [3.63, 3.8) is 0 Å². The van der Waals surface area contributed by atoms with Gasteiger partial charge in [0.05, 0.1) is 5.60 Å². The lowest BCUT2D eigenvalue weighted by Gasteiger charge is -2.37. The summed E-state index contributed by atoms with van der Waals surface area (Å²) in [7, 11) is 2.24. The lowest BCUT2D eigenvalue weighted by molar-refractivity contribution is -0.0387. The number of aliphatic hydroxyl groups is 1. The predicted octanol–water partition coefficient (Wildman–Crippen LogP) is 4.94. The Morgan fingerprint density at radius 2 is 1.67 bits per heavy atom. The first kappa shape index (κ1) is 20.1. The summed E-state index contributed by atoms with van der Waals surface area (Å²) in [6.07, 6.45) is 8.03. The predicted molar refractivity (Wildman–Crippen MR) is 124 cm³/mol. The molecule has 1 N–H and O–H groups in total. The normalized spacial score (nSPS) is 24.7. The second kappa shape index (κ2) is 8.36. The molecule has 1 unspecified atom stereocenters. The molecule has 3 fully saturated rings. The van der Waals surface area contributed by atoms with Crippen LogP contribution in [0.3, 0.4) is 0 Å². The monoisotopic (exact) mass is 404 g/mol. The fourth-order valence-corrected chi connectivity index (χ4v) is 5.77. The van der Waals surface area contributed by atoms with E-state index in [4.69, 9.17) is 0 Å². The van der Waals surface area contributed by atoms with E-state index in [1.54, 1.807) is 11.1 Å². The first-order chi connectivity index (χ1) is 14.6. The molecule has 0 aromatic heterocycles. The molecule has 0 bridgehead atoms. The number of nitrogens with zero attached hydrogens (tertiary/aromatic N) is 2. The van der Waals surface area contributed by atoms with E-state index >= 15 is 0 Å². The molecule has 2 saturated heterocycles. The van der Waals surface area contributed by atoms with Crippen molar-refractivity contribution >= 4 is 5.69 Å². The minimum Gasteiger partial charge on any atom is -0.385 e. The highest BCUT2D eigenvalue weighted by molar-refractivity contribution is 5.49. The summed E-state index contributed by atoms with van der Waals surface area (Å²) in [4.78, 5) is 5.00. The van der Waals surface area contributed by atoms with Gasteiger partial charge in [0.15, 0.2) is 0 Å². The Hall–Kier alpha value is -1.84. The summed E-state index contributed by atoms with van der Waals surface area (Å²) in [6.45, 7) is 4.73. The molecule has 2 aromatic carbocycles. The third-order valence-electron chi connectivity index (χ3n) is 7.96. The topological polar surface area (TPSA) is 26.7 Å². The molecule has 1 atom stereocenters. The van der Waals surface area contributed by atoms with E-state index < -0.39 is 5.60 Å². The van der Waals surface area contributed by atoms with Gasteiger partial charge < -0.3 is 14.9 Å². The lowest BCUT2D eigenvalue weighted by Crippen LogP contribution is -2.33. The van der Waals surface area contributed by atoms with Crippen molar-refractivity contribution in [3.8, 4) is 0 Å². The van der Waals surface area contributed by atoms with Crippen molar-refractivity contribution in [1.82, 2.24) is 4.90 Å². The van der Waals surface area contributed by atoms with E-state index in [-0.39, 0.29) is 0 Å². The minimum atomic E-state index is -0.552. The molecule has 0 radical (unpaired) electrons. The zero-order valence-electron chi connectivity index (χ0n) is 18.4. The molecule has 160 valence electrons. The average molecular weight is 405 g/mol. The van der Waals surface area contributed by atoms with Crippen LogP contribution >= 0.6 is 0 Å². The Balaban J connectivity index is 1.23. The molecule has 30 heavy (non-hydrogen) atoms. The fraction of sp³-hybridized carbons (Fsp3) is 0.556. The van der Waals surface area contributed by atoms with Crippen molar-refractivity contribution in [2.45, 2.75) is 56.5 Å². The number of anilines is 1. The highest BCUT2D eigenvalue weighted by atomic mass is 16.3. The average Bonchev–Trinajstić information content (AvgIpc) is 3.22. The number of piperidine rings is 1. The van der Waals surface area contributed by atoms with E-state index in [1.807, 2.05) is 0 Å². The van der Waals surface area contributed by atoms with Crippen LogP contribution in [0, 0.1) is 5.92 Å². The molecule has 1 aliphatic carbocycles. The van der Waals surface area contributed by atoms with Crippen LogP contribution in [-0.4, -0.2) is 43.2 Å². The quantitative estimate of drug-likeness (QED) is 0.765. The second-order valence-electron chi connectivity index (χ2n) is 10.0. The Labute approximate surface area is 181 Å². The SMILES string of the molecule is CN1CCC(c2ccccc2CC2CCN(c3ccc(C4(O)CCC4)cc3)C2)CC1. The van der Waals surface area contributed by atoms with E-state index in [0.717, 1.165) is 49.8 Å². The summed E-state index contributed by atoms with van der Waals surface area (Å²) in [5, 5.41) is 10.6. The van der Waals surface area contributed by atoms with Crippen molar-refractivity contribution < 1.29 is 5.11 Å². The van der Waals surface area contributed by atoms with E-state index in [2.05, 4.69) is 65.4 Å². The van der Waals surface area contributed by atoms with Gasteiger partial charge in [0, 0.05) is 18.8 Å². The standard InChI is InChI=1S/C27H36N2O/c1-28-16-12-22(13-17-28)26-6-3-2-5-23(26)19-21-11-18-29(20-21)25-9-7-24(8-10-25)27(30)14-4-15-27/h2-3,5-10,21-22,30H,4,11-20H2,1H3. The van der Waals surface area contributed by atoms with Crippen LogP contribution in [0.5, 0.6) is 0 Å². The lowest BCUT2D eigenvalue weighted by atomic mass is 9.75. The maximum atomic E-state index is 10.6. The van der Waals surface area contributed by atoms with Crippen LogP contribution in [0.2, 0.25) is 0 Å². The number of benzene rings is 2. The molecule has 2 aliphatic heterocycles. The zero-order valence-corrected chi connectivity index (χ0v) is 18.4. The molecule has 0 spiro atoms. The van der Waals surface area contributed by atoms with Gasteiger partial charge in [-0.1, -0.05) is 36.4 Å². The van der Waals surface area contributed by atoms with Gasteiger partial charge >= 0.3 is 0 Å². The van der Waals surface area contributed by atoms with Gasteiger partial charge in [-0.05, 0) is 106 Å². The molecule has 2 heterocycles. The maximum absolute atomic E-state index is 10.6. The van der Waals surface area contributed by atoms with Gasteiger partial charge in [-0.25, -0.2) is 0 Å². The van der Waals surface area contributed by atoms with Gasteiger partial charge in [-0.3, -0.25) is 0 Å². The van der Waals surface area contributed by atoms with Crippen LogP contribution in [0.1, 0.15) is 61.1 Å². The van der Waals surface area contributed by atoms with Crippen molar-refractivity contribution in [2.75, 3.05) is 38.1 Å². The first-order valence-corrected chi connectivity index (χ1v) is 11.9. The molecule has 0 amide bonds. The van der Waals surface area contributed by atoms with Gasteiger partial charge in [0.2, 0.25) is 0 Å². The molecule has 3 aliphatic rings. The van der Waals surface area contributed by atoms with Gasteiger partial charge in [-0.15, -0.1) is 0 Å². The number of hydrogen-bond acceptors (Lipinski definition) is 3. The third kappa shape index (κ3) is 4.02. The highest BCUT2D eigenvalue weighted by Crippen LogP contribution is 2.41. The van der Waals surface area contributed by atoms with E-state index in [0.29, 0.717) is 0 Å². The summed E-state index contributed by atoms with van der Waals surface area (Å²) < 4.78 is 0. The van der Waals surface area contributed by atoms with Crippen LogP contribution in [-0.2, 0) is 12.0 Å². The Kier molecular flexibility index (Phi) is 5.59. The molecule has 2 aromatic rings. The molecule has 3 heteroatoms. The van der Waals surface area contributed by atoms with Crippen molar-refractivity contribution in [3.05, 3.63) is 65.2 Å². The van der Waals surface area contributed by atoms with Crippen molar-refractivity contribution in [1.29, 1.82) is 0 Å². The summed E-state index contributed by atoms with van der Waals surface area (Å²) in [5.41, 5.74) is 5.06. The maximum Gasteiger partial charge on any atom is 0.0896 e. The zero-order chi connectivity index (χ0) is 20.6. The van der Waals surface area contributed by atoms with Crippen LogP contribution in [0.4, 0.5) is 5.69 Å². The third-order valence-corrected chi connectivity index (χ3v) is 7.96. The van der Waals surface area contributed by atoms with Crippen LogP contribution in [0.25, 0.3) is 0 Å². The van der Waals surface area contributed by atoms with E-state index in [9.17, 15) is 5.11 Å². The van der Waals surface area contributed by atoms with Crippen LogP contribution < -0.4 is 4.90 Å². The molecular weight excluding hydrogens is 368 g/mol. The summed E-state index contributed by atoms with van der Waals surface area (Å²) >= 11 is 0. The second-order valence-corrected chi connectivity index (χ2v) is 10.0. The summed E-state index contributed by atoms with van der Waals surface area (Å²) in [5.74, 6) is 1.47. The first-order valence-electron chi connectivity index (χ1n) is 11.9.